The predicted octanol–water partition coefficient (Wildman–Crippen LogP) is 6.38. The first-order valence-corrected chi connectivity index (χ1v) is 10.2. The molecule has 3 aromatic rings. The SMILES string of the molecule is O=[N+]([O-])c1ccc(SC2CCCC=C2c2cccc3ccccc23)c([N+](=O)[O-])c1. The summed E-state index contributed by atoms with van der Waals surface area (Å²) in [5.74, 6) is 0. The van der Waals surface area contributed by atoms with Gasteiger partial charge in [0.2, 0.25) is 0 Å². The fourth-order valence-electron chi connectivity index (χ4n) is 3.75. The van der Waals surface area contributed by atoms with Gasteiger partial charge in [-0.25, -0.2) is 0 Å². The van der Waals surface area contributed by atoms with Crippen molar-refractivity contribution in [2.75, 3.05) is 0 Å². The highest BCUT2D eigenvalue weighted by molar-refractivity contribution is 8.00. The molecule has 1 atom stereocenters. The summed E-state index contributed by atoms with van der Waals surface area (Å²) in [5.41, 5.74) is 1.83. The van der Waals surface area contributed by atoms with Crippen molar-refractivity contribution in [2.45, 2.75) is 29.4 Å². The van der Waals surface area contributed by atoms with Crippen molar-refractivity contribution >= 4 is 39.5 Å². The molecule has 0 spiro atoms. The number of non-ortho nitro benzene ring substituents is 1. The number of nitrogens with zero attached hydrogens (tertiary/aromatic N) is 2. The lowest BCUT2D eigenvalue weighted by molar-refractivity contribution is -0.396. The van der Waals surface area contributed by atoms with Crippen LogP contribution in [0.2, 0.25) is 0 Å². The number of nitro benzene ring substituents is 2. The van der Waals surface area contributed by atoms with Crippen LogP contribution in [0.4, 0.5) is 11.4 Å². The lowest BCUT2D eigenvalue weighted by Crippen LogP contribution is -2.11. The van der Waals surface area contributed by atoms with Crippen molar-refractivity contribution in [1.29, 1.82) is 0 Å². The van der Waals surface area contributed by atoms with Crippen molar-refractivity contribution in [3.05, 3.63) is 92.5 Å². The third-order valence-electron chi connectivity index (χ3n) is 5.10. The van der Waals surface area contributed by atoms with E-state index >= 15 is 0 Å². The quantitative estimate of drug-likeness (QED) is 0.362. The Morgan fingerprint density at radius 3 is 2.52 bits per heavy atom. The monoisotopic (exact) mass is 406 g/mol. The maximum atomic E-state index is 11.5. The van der Waals surface area contributed by atoms with Gasteiger partial charge in [0.15, 0.2) is 0 Å². The van der Waals surface area contributed by atoms with Gasteiger partial charge in [0.25, 0.3) is 11.4 Å². The van der Waals surface area contributed by atoms with Gasteiger partial charge in [0.05, 0.1) is 20.8 Å². The second-order valence-electron chi connectivity index (χ2n) is 6.89. The van der Waals surface area contributed by atoms with Gasteiger partial charge in [-0.2, -0.15) is 0 Å². The largest absolute Gasteiger partial charge is 0.289 e. The van der Waals surface area contributed by atoms with Gasteiger partial charge in [-0.1, -0.05) is 48.5 Å². The van der Waals surface area contributed by atoms with E-state index in [4.69, 9.17) is 0 Å². The van der Waals surface area contributed by atoms with Gasteiger partial charge in [-0.3, -0.25) is 20.2 Å². The van der Waals surface area contributed by atoms with E-state index in [1.165, 1.54) is 29.5 Å². The zero-order chi connectivity index (χ0) is 20.4. The average Bonchev–Trinajstić information content (AvgIpc) is 2.74. The Kier molecular flexibility index (Phi) is 5.31. The summed E-state index contributed by atoms with van der Waals surface area (Å²) in [4.78, 5) is 21.8. The van der Waals surface area contributed by atoms with Crippen molar-refractivity contribution in [3.63, 3.8) is 0 Å². The minimum atomic E-state index is -0.608. The van der Waals surface area contributed by atoms with E-state index in [9.17, 15) is 20.2 Å². The van der Waals surface area contributed by atoms with E-state index in [2.05, 4.69) is 30.3 Å². The highest BCUT2D eigenvalue weighted by atomic mass is 32.2. The summed E-state index contributed by atoms with van der Waals surface area (Å²) >= 11 is 1.42. The normalized spacial score (nSPS) is 16.4. The second kappa shape index (κ2) is 8.05. The number of thioether (sulfide) groups is 1. The van der Waals surface area contributed by atoms with Crippen molar-refractivity contribution in [3.8, 4) is 0 Å². The minimum absolute atomic E-state index is 0.0507. The molecule has 7 heteroatoms. The van der Waals surface area contributed by atoms with Crippen LogP contribution in [0.15, 0.2) is 71.6 Å². The van der Waals surface area contributed by atoms with Gasteiger partial charge in [0.1, 0.15) is 0 Å². The molecule has 0 fully saturated rings. The fourth-order valence-corrected chi connectivity index (χ4v) is 5.09. The topological polar surface area (TPSA) is 86.3 Å². The molecule has 29 heavy (non-hydrogen) atoms. The van der Waals surface area contributed by atoms with E-state index in [0.29, 0.717) is 4.90 Å². The third kappa shape index (κ3) is 3.86. The van der Waals surface area contributed by atoms with Gasteiger partial charge < -0.3 is 0 Å². The van der Waals surface area contributed by atoms with E-state index < -0.39 is 9.85 Å². The third-order valence-corrected chi connectivity index (χ3v) is 6.47. The average molecular weight is 406 g/mol. The molecule has 1 aliphatic rings. The Labute approximate surface area is 171 Å². The summed E-state index contributed by atoms with van der Waals surface area (Å²) in [6.45, 7) is 0. The number of fused-ring (bicyclic) bond motifs is 1. The molecular formula is C22H18N2O4S. The Morgan fingerprint density at radius 1 is 0.931 bits per heavy atom. The maximum Gasteiger partial charge on any atom is 0.289 e. The minimum Gasteiger partial charge on any atom is -0.258 e. The van der Waals surface area contributed by atoms with E-state index in [1.54, 1.807) is 0 Å². The van der Waals surface area contributed by atoms with Crippen LogP contribution in [0.25, 0.3) is 16.3 Å². The van der Waals surface area contributed by atoms with Crippen LogP contribution in [0.5, 0.6) is 0 Å². The lowest BCUT2D eigenvalue weighted by Gasteiger charge is -2.25. The van der Waals surface area contributed by atoms with Gasteiger partial charge in [-0.15, -0.1) is 11.8 Å². The van der Waals surface area contributed by atoms with E-state index in [-0.39, 0.29) is 16.6 Å². The molecule has 4 rings (SSSR count). The van der Waals surface area contributed by atoms with Crippen LogP contribution in [-0.2, 0) is 0 Å². The number of nitro groups is 2. The number of hydrogen-bond donors (Lipinski definition) is 0. The fraction of sp³-hybridized carbons (Fsp3) is 0.182. The van der Waals surface area contributed by atoms with Crippen molar-refractivity contribution < 1.29 is 9.85 Å². The van der Waals surface area contributed by atoms with Crippen molar-refractivity contribution in [1.82, 2.24) is 0 Å². The van der Waals surface area contributed by atoms with Crippen LogP contribution in [0.3, 0.4) is 0 Å². The number of hydrogen-bond acceptors (Lipinski definition) is 5. The van der Waals surface area contributed by atoms with Gasteiger partial charge in [0, 0.05) is 11.3 Å². The molecule has 146 valence electrons. The maximum absolute atomic E-state index is 11.5. The summed E-state index contributed by atoms with van der Waals surface area (Å²) < 4.78 is 0. The first-order chi connectivity index (χ1) is 14.0. The zero-order valence-electron chi connectivity index (χ0n) is 15.5. The highest BCUT2D eigenvalue weighted by Gasteiger charge is 2.26. The first kappa shape index (κ1) is 19.1. The summed E-state index contributed by atoms with van der Waals surface area (Å²) in [6, 6.07) is 18.3. The van der Waals surface area contributed by atoms with Crippen LogP contribution in [0, 0.1) is 20.2 Å². The lowest BCUT2D eigenvalue weighted by atomic mass is 9.90. The Balaban J connectivity index is 1.73. The molecule has 0 aliphatic heterocycles. The van der Waals surface area contributed by atoms with Crippen LogP contribution >= 0.6 is 11.8 Å². The van der Waals surface area contributed by atoms with Crippen LogP contribution in [0.1, 0.15) is 24.8 Å². The summed E-state index contributed by atoms with van der Waals surface area (Å²) in [5, 5.41) is 24.9. The molecule has 0 N–H and O–H groups in total. The Morgan fingerprint density at radius 2 is 1.72 bits per heavy atom. The molecule has 3 aromatic carbocycles. The molecule has 0 saturated heterocycles. The van der Waals surface area contributed by atoms with E-state index in [1.807, 2.05) is 18.2 Å². The van der Waals surface area contributed by atoms with Crippen molar-refractivity contribution in [2.24, 2.45) is 0 Å². The molecule has 0 bridgehead atoms. The van der Waals surface area contributed by atoms with Gasteiger partial charge in [-0.05, 0) is 47.2 Å². The summed E-state index contributed by atoms with van der Waals surface area (Å²) in [6.07, 6.45) is 5.10. The molecule has 0 heterocycles. The molecule has 0 saturated carbocycles. The Hall–Kier alpha value is -3.19. The highest BCUT2D eigenvalue weighted by Crippen LogP contribution is 2.44. The zero-order valence-corrected chi connectivity index (χ0v) is 16.3. The molecule has 0 amide bonds. The number of allylic oxidation sites excluding steroid dienone is 1. The molecule has 1 unspecified atom stereocenters. The first-order valence-electron chi connectivity index (χ1n) is 9.32. The predicted molar refractivity (Wildman–Crippen MR) is 115 cm³/mol. The van der Waals surface area contributed by atoms with Gasteiger partial charge >= 0.3 is 0 Å². The van der Waals surface area contributed by atoms with E-state index in [0.717, 1.165) is 41.7 Å². The molecule has 0 radical (unpaired) electrons. The smallest absolute Gasteiger partial charge is 0.258 e. The van der Waals surface area contributed by atoms with Crippen LogP contribution < -0.4 is 0 Å². The molecule has 0 aromatic heterocycles. The standard InChI is InChI=1S/C22H18N2O4S/c25-23(26)16-12-13-22(20(14-16)24(27)28)29-21-11-4-3-9-19(21)18-10-5-7-15-6-1-2-8-17(15)18/h1-2,5-10,12-14,21H,3-4,11H2. The number of benzene rings is 3. The van der Waals surface area contributed by atoms with Crippen LogP contribution in [-0.4, -0.2) is 15.1 Å². The molecular weight excluding hydrogens is 388 g/mol. The number of rotatable bonds is 5. The Bertz CT molecular complexity index is 1140. The summed E-state index contributed by atoms with van der Waals surface area (Å²) in [7, 11) is 0. The molecule has 1 aliphatic carbocycles. The molecule has 6 nitrogen and oxygen atoms in total. The second-order valence-corrected chi connectivity index (χ2v) is 8.13.